The molecule has 1 saturated carbocycles. The second-order valence-corrected chi connectivity index (χ2v) is 5.39. The third-order valence-electron chi connectivity index (χ3n) is 4.19. The van der Waals surface area contributed by atoms with Gasteiger partial charge in [-0.2, -0.15) is 0 Å². The fraction of sp³-hybridized carbons (Fsp3) is 0.438. The molecule has 1 aliphatic carbocycles. The molecule has 1 N–H and O–H groups in total. The molecule has 3 rings (SSSR count). The van der Waals surface area contributed by atoms with E-state index in [0.717, 1.165) is 22.9 Å². The maximum absolute atomic E-state index is 12.5. The first kappa shape index (κ1) is 11.5. The first-order chi connectivity index (χ1) is 8.72. The number of aryl methyl sites for hydroxylation is 1. The van der Waals surface area contributed by atoms with Gasteiger partial charge in [0.1, 0.15) is 0 Å². The Kier molecular flexibility index (Phi) is 2.73. The quantitative estimate of drug-likeness (QED) is 0.807. The number of rotatable bonds is 4. The number of para-hydroxylation sites is 1. The highest BCUT2D eigenvalue weighted by Crippen LogP contribution is 2.39. The van der Waals surface area contributed by atoms with Gasteiger partial charge in [-0.15, -0.1) is 0 Å². The molecule has 0 aliphatic heterocycles. The SMILES string of the molecule is CCc1cccc2c(C(=O)C(C)C3CC3)c[nH]c12. The number of nitrogens with one attached hydrogen (secondary N) is 1. The van der Waals surface area contributed by atoms with Gasteiger partial charge >= 0.3 is 0 Å². The summed E-state index contributed by atoms with van der Waals surface area (Å²) in [4.78, 5) is 15.8. The Bertz CT molecular complexity index is 592. The predicted octanol–water partition coefficient (Wildman–Crippen LogP) is 3.96. The van der Waals surface area contributed by atoms with E-state index in [1.54, 1.807) is 0 Å². The van der Waals surface area contributed by atoms with Crippen molar-refractivity contribution in [1.82, 2.24) is 4.98 Å². The number of ketones is 1. The Morgan fingerprint density at radius 2 is 2.22 bits per heavy atom. The zero-order valence-corrected chi connectivity index (χ0v) is 11.0. The first-order valence-electron chi connectivity index (χ1n) is 6.85. The van der Waals surface area contributed by atoms with Gasteiger partial charge < -0.3 is 4.98 Å². The molecule has 2 nitrogen and oxygen atoms in total. The monoisotopic (exact) mass is 241 g/mol. The van der Waals surface area contributed by atoms with Crippen LogP contribution in [0.1, 0.15) is 42.6 Å². The van der Waals surface area contributed by atoms with E-state index in [-0.39, 0.29) is 5.92 Å². The van der Waals surface area contributed by atoms with Crippen molar-refractivity contribution in [3.63, 3.8) is 0 Å². The number of aromatic amines is 1. The average molecular weight is 241 g/mol. The van der Waals surface area contributed by atoms with Crippen LogP contribution in [0.2, 0.25) is 0 Å². The second kappa shape index (κ2) is 4.27. The summed E-state index contributed by atoms with van der Waals surface area (Å²) < 4.78 is 0. The summed E-state index contributed by atoms with van der Waals surface area (Å²) in [7, 11) is 0. The van der Waals surface area contributed by atoms with Crippen LogP contribution in [-0.4, -0.2) is 10.8 Å². The average Bonchev–Trinajstić information content (AvgIpc) is 3.16. The molecule has 94 valence electrons. The number of hydrogen-bond acceptors (Lipinski definition) is 1. The van der Waals surface area contributed by atoms with Crippen LogP contribution < -0.4 is 0 Å². The number of H-pyrrole nitrogens is 1. The van der Waals surface area contributed by atoms with Crippen LogP contribution in [0, 0.1) is 11.8 Å². The Labute approximate surface area is 107 Å². The number of aromatic nitrogens is 1. The van der Waals surface area contributed by atoms with Crippen molar-refractivity contribution >= 4 is 16.7 Å². The predicted molar refractivity (Wildman–Crippen MR) is 73.9 cm³/mol. The van der Waals surface area contributed by atoms with Crippen LogP contribution in [0.3, 0.4) is 0 Å². The Hall–Kier alpha value is -1.57. The van der Waals surface area contributed by atoms with Gasteiger partial charge in [-0.05, 0) is 30.7 Å². The van der Waals surface area contributed by atoms with Crippen molar-refractivity contribution in [2.75, 3.05) is 0 Å². The van der Waals surface area contributed by atoms with Gasteiger partial charge in [-0.25, -0.2) is 0 Å². The van der Waals surface area contributed by atoms with Crippen molar-refractivity contribution in [3.05, 3.63) is 35.5 Å². The Morgan fingerprint density at radius 3 is 2.89 bits per heavy atom. The van der Waals surface area contributed by atoms with E-state index in [1.165, 1.54) is 18.4 Å². The molecule has 0 spiro atoms. The van der Waals surface area contributed by atoms with Crippen LogP contribution >= 0.6 is 0 Å². The molecule has 18 heavy (non-hydrogen) atoms. The number of benzene rings is 1. The molecule has 2 aromatic rings. The normalized spacial score (nSPS) is 17.0. The number of Topliss-reactive ketones (excluding diaryl/α,β-unsaturated/α-hetero) is 1. The molecule has 1 heterocycles. The fourth-order valence-corrected chi connectivity index (χ4v) is 2.77. The third kappa shape index (κ3) is 1.76. The van der Waals surface area contributed by atoms with Crippen LogP contribution in [0.15, 0.2) is 24.4 Å². The summed E-state index contributed by atoms with van der Waals surface area (Å²) >= 11 is 0. The van der Waals surface area contributed by atoms with E-state index in [0.29, 0.717) is 11.7 Å². The van der Waals surface area contributed by atoms with Crippen molar-refractivity contribution < 1.29 is 4.79 Å². The maximum atomic E-state index is 12.5. The van der Waals surface area contributed by atoms with Crippen molar-refractivity contribution in [2.24, 2.45) is 11.8 Å². The van der Waals surface area contributed by atoms with E-state index in [9.17, 15) is 4.79 Å². The number of fused-ring (bicyclic) bond motifs is 1. The number of hydrogen-bond donors (Lipinski definition) is 1. The molecule has 1 atom stereocenters. The molecule has 0 saturated heterocycles. The zero-order valence-electron chi connectivity index (χ0n) is 11.0. The topological polar surface area (TPSA) is 32.9 Å². The van der Waals surface area contributed by atoms with Crippen molar-refractivity contribution in [1.29, 1.82) is 0 Å². The molecule has 1 unspecified atom stereocenters. The summed E-state index contributed by atoms with van der Waals surface area (Å²) in [6, 6.07) is 6.23. The largest absolute Gasteiger partial charge is 0.360 e. The van der Waals surface area contributed by atoms with Crippen LogP contribution in [0.5, 0.6) is 0 Å². The van der Waals surface area contributed by atoms with E-state index in [2.05, 4.69) is 31.0 Å². The summed E-state index contributed by atoms with van der Waals surface area (Å²) in [6.45, 7) is 4.21. The summed E-state index contributed by atoms with van der Waals surface area (Å²) in [5.41, 5.74) is 3.29. The molecule has 0 radical (unpaired) electrons. The molecule has 0 bridgehead atoms. The van der Waals surface area contributed by atoms with Crippen LogP contribution in [-0.2, 0) is 6.42 Å². The van der Waals surface area contributed by atoms with E-state index >= 15 is 0 Å². The number of carbonyl (C=O) groups is 1. The van der Waals surface area contributed by atoms with E-state index in [1.807, 2.05) is 12.3 Å². The van der Waals surface area contributed by atoms with Gasteiger partial charge in [-0.3, -0.25) is 4.79 Å². The molecule has 1 fully saturated rings. The molecular weight excluding hydrogens is 222 g/mol. The van der Waals surface area contributed by atoms with Gasteiger partial charge in [-0.1, -0.05) is 32.0 Å². The van der Waals surface area contributed by atoms with Crippen molar-refractivity contribution in [2.45, 2.75) is 33.1 Å². The number of carbonyl (C=O) groups excluding carboxylic acids is 1. The lowest BCUT2D eigenvalue weighted by Gasteiger charge is -2.07. The molecule has 1 aromatic carbocycles. The molecule has 1 aromatic heterocycles. The second-order valence-electron chi connectivity index (χ2n) is 5.39. The lowest BCUT2D eigenvalue weighted by Crippen LogP contribution is -2.12. The zero-order chi connectivity index (χ0) is 12.7. The van der Waals surface area contributed by atoms with Crippen LogP contribution in [0.4, 0.5) is 0 Å². The minimum absolute atomic E-state index is 0.175. The van der Waals surface area contributed by atoms with Gasteiger partial charge in [0.15, 0.2) is 5.78 Å². The van der Waals surface area contributed by atoms with Crippen LogP contribution in [0.25, 0.3) is 10.9 Å². The Morgan fingerprint density at radius 1 is 1.44 bits per heavy atom. The summed E-state index contributed by atoms with van der Waals surface area (Å²) in [5.74, 6) is 1.10. The summed E-state index contributed by atoms with van der Waals surface area (Å²) in [6.07, 6.45) is 5.32. The van der Waals surface area contributed by atoms with Gasteiger partial charge in [0.2, 0.25) is 0 Å². The highest BCUT2D eigenvalue weighted by Gasteiger charge is 2.33. The minimum atomic E-state index is 0.175. The molecule has 0 amide bonds. The lowest BCUT2D eigenvalue weighted by molar-refractivity contribution is 0.0918. The van der Waals surface area contributed by atoms with Gasteiger partial charge in [0, 0.05) is 28.6 Å². The minimum Gasteiger partial charge on any atom is -0.360 e. The van der Waals surface area contributed by atoms with E-state index < -0.39 is 0 Å². The van der Waals surface area contributed by atoms with Crippen molar-refractivity contribution in [3.8, 4) is 0 Å². The highest BCUT2D eigenvalue weighted by molar-refractivity contribution is 6.09. The molecule has 1 aliphatic rings. The molecule has 2 heteroatoms. The van der Waals surface area contributed by atoms with E-state index in [4.69, 9.17) is 0 Å². The van der Waals surface area contributed by atoms with Gasteiger partial charge in [0.25, 0.3) is 0 Å². The lowest BCUT2D eigenvalue weighted by atomic mass is 9.94. The highest BCUT2D eigenvalue weighted by atomic mass is 16.1. The van der Waals surface area contributed by atoms with Gasteiger partial charge in [0.05, 0.1) is 0 Å². The maximum Gasteiger partial charge on any atom is 0.168 e. The Balaban J connectivity index is 2.04. The summed E-state index contributed by atoms with van der Waals surface area (Å²) in [5, 5.41) is 1.09. The molecular formula is C16H19NO. The third-order valence-corrected chi connectivity index (χ3v) is 4.19. The fourth-order valence-electron chi connectivity index (χ4n) is 2.77. The standard InChI is InChI=1S/C16H19NO/c1-3-11-5-4-6-13-14(9-17-15(11)13)16(18)10(2)12-7-8-12/h4-6,9-10,12,17H,3,7-8H2,1-2H3. The first-order valence-corrected chi connectivity index (χ1v) is 6.85. The smallest absolute Gasteiger partial charge is 0.168 e.